The van der Waals surface area contributed by atoms with Crippen LogP contribution in [0.2, 0.25) is 0 Å². The maximum absolute atomic E-state index is 4.30. The quantitative estimate of drug-likeness (QED) is 0.846. The van der Waals surface area contributed by atoms with Gasteiger partial charge in [-0.15, -0.1) is 0 Å². The molecule has 21 heavy (non-hydrogen) atoms. The van der Waals surface area contributed by atoms with Crippen LogP contribution < -0.4 is 5.32 Å². The smallest absolute Gasteiger partial charge is 0.0522 e. The molecule has 0 radical (unpaired) electrons. The Morgan fingerprint density at radius 1 is 1.19 bits per heavy atom. The Bertz CT molecular complexity index is 541. The van der Waals surface area contributed by atoms with Crippen LogP contribution in [0, 0.1) is 0 Å². The first-order chi connectivity index (χ1) is 10.2. The third-order valence-electron chi connectivity index (χ3n) is 4.82. The second-order valence-electron chi connectivity index (χ2n) is 5.80. The zero-order valence-electron chi connectivity index (χ0n) is 13.6. The molecule has 1 heterocycles. The van der Waals surface area contributed by atoms with Gasteiger partial charge in [0.2, 0.25) is 0 Å². The average molecular weight is 285 g/mol. The number of likely N-dealkylation sites (N-methyl/N-ethyl adjacent to an activating group) is 1. The largest absolute Gasteiger partial charge is 0.316 e. The fraction of sp³-hybridized carbons (Fsp3) is 0.500. The molecule has 3 nitrogen and oxygen atoms in total. The molecule has 2 aromatic rings. The summed E-state index contributed by atoms with van der Waals surface area (Å²) in [6.07, 6.45) is 7.34. The van der Waals surface area contributed by atoms with E-state index in [1.54, 1.807) is 0 Å². The van der Waals surface area contributed by atoms with Gasteiger partial charge in [-0.25, -0.2) is 0 Å². The van der Waals surface area contributed by atoms with Crippen molar-refractivity contribution in [1.29, 1.82) is 0 Å². The lowest BCUT2D eigenvalue weighted by atomic mass is 9.68. The Balaban J connectivity index is 2.34. The number of benzene rings is 1. The number of aryl methyl sites for hydroxylation is 1. The highest BCUT2D eigenvalue weighted by Gasteiger charge is 2.36. The van der Waals surface area contributed by atoms with Crippen LogP contribution in [0.4, 0.5) is 0 Å². The minimum absolute atomic E-state index is 0.159. The Morgan fingerprint density at radius 3 is 2.33 bits per heavy atom. The minimum Gasteiger partial charge on any atom is -0.316 e. The lowest BCUT2D eigenvalue weighted by Gasteiger charge is -2.40. The molecule has 0 amide bonds. The third-order valence-corrected chi connectivity index (χ3v) is 4.82. The van der Waals surface area contributed by atoms with Crippen LogP contribution in [-0.2, 0) is 18.9 Å². The Morgan fingerprint density at radius 2 is 1.86 bits per heavy atom. The van der Waals surface area contributed by atoms with Crippen molar-refractivity contribution in [3.63, 3.8) is 0 Å². The van der Waals surface area contributed by atoms with Crippen molar-refractivity contribution < 1.29 is 0 Å². The van der Waals surface area contributed by atoms with E-state index in [2.05, 4.69) is 67.8 Å². The first-order valence-electron chi connectivity index (χ1n) is 7.86. The molecule has 114 valence electrons. The van der Waals surface area contributed by atoms with E-state index in [-0.39, 0.29) is 5.41 Å². The monoisotopic (exact) mass is 285 g/mol. The molecule has 0 aliphatic heterocycles. The van der Waals surface area contributed by atoms with Crippen LogP contribution in [0.3, 0.4) is 0 Å². The summed E-state index contributed by atoms with van der Waals surface area (Å²) >= 11 is 0. The molecule has 1 atom stereocenters. The van der Waals surface area contributed by atoms with E-state index in [0.29, 0.717) is 6.04 Å². The fourth-order valence-electron chi connectivity index (χ4n) is 3.51. The first kappa shape index (κ1) is 15.8. The highest BCUT2D eigenvalue weighted by Crippen LogP contribution is 2.36. The van der Waals surface area contributed by atoms with E-state index in [4.69, 9.17) is 0 Å². The van der Waals surface area contributed by atoms with Gasteiger partial charge in [-0.3, -0.25) is 4.68 Å². The summed E-state index contributed by atoms with van der Waals surface area (Å²) in [4.78, 5) is 0. The molecule has 1 unspecified atom stereocenters. The average Bonchev–Trinajstić information content (AvgIpc) is 2.94. The molecular formula is C18H27N3. The van der Waals surface area contributed by atoms with E-state index < -0.39 is 0 Å². The molecule has 0 fully saturated rings. The molecule has 0 bridgehead atoms. The van der Waals surface area contributed by atoms with Crippen LogP contribution in [-0.4, -0.2) is 22.9 Å². The van der Waals surface area contributed by atoms with E-state index in [0.717, 1.165) is 19.3 Å². The van der Waals surface area contributed by atoms with Crippen LogP contribution in [0.5, 0.6) is 0 Å². The van der Waals surface area contributed by atoms with E-state index in [9.17, 15) is 0 Å². The minimum atomic E-state index is 0.159. The zero-order valence-corrected chi connectivity index (χ0v) is 13.6. The predicted octanol–water partition coefficient (Wildman–Crippen LogP) is 3.31. The summed E-state index contributed by atoms with van der Waals surface area (Å²) < 4.78 is 1.88. The summed E-state index contributed by atoms with van der Waals surface area (Å²) in [6, 6.07) is 11.3. The molecule has 3 heteroatoms. The number of rotatable bonds is 7. The van der Waals surface area contributed by atoms with Crippen LogP contribution in [0.25, 0.3) is 0 Å². The maximum atomic E-state index is 4.30. The summed E-state index contributed by atoms with van der Waals surface area (Å²) in [5.41, 5.74) is 2.88. The number of hydrogen-bond acceptors (Lipinski definition) is 2. The van der Waals surface area contributed by atoms with Gasteiger partial charge in [0.15, 0.2) is 0 Å². The molecule has 1 N–H and O–H groups in total. The van der Waals surface area contributed by atoms with Crippen molar-refractivity contribution >= 4 is 0 Å². The van der Waals surface area contributed by atoms with Gasteiger partial charge in [-0.1, -0.05) is 44.2 Å². The van der Waals surface area contributed by atoms with Crippen LogP contribution in [0.15, 0.2) is 42.7 Å². The number of aromatic nitrogens is 2. The van der Waals surface area contributed by atoms with Crippen molar-refractivity contribution in [3.05, 3.63) is 53.9 Å². The van der Waals surface area contributed by atoms with Crippen LogP contribution in [0.1, 0.15) is 37.8 Å². The van der Waals surface area contributed by atoms with Crippen molar-refractivity contribution in [2.45, 2.75) is 44.6 Å². The lowest BCUT2D eigenvalue weighted by molar-refractivity contribution is 0.280. The number of nitrogens with zero attached hydrogens (tertiary/aromatic N) is 2. The van der Waals surface area contributed by atoms with E-state index in [1.165, 1.54) is 11.1 Å². The Labute approximate surface area is 128 Å². The van der Waals surface area contributed by atoms with Gasteiger partial charge in [0.25, 0.3) is 0 Å². The predicted molar refractivity (Wildman–Crippen MR) is 88.5 cm³/mol. The third kappa shape index (κ3) is 3.18. The van der Waals surface area contributed by atoms with Crippen molar-refractivity contribution in [3.8, 4) is 0 Å². The molecule has 0 aliphatic carbocycles. The molecule has 1 aromatic carbocycles. The summed E-state index contributed by atoms with van der Waals surface area (Å²) in [5, 5.41) is 7.86. The van der Waals surface area contributed by atoms with Gasteiger partial charge in [0.05, 0.1) is 6.20 Å². The normalized spacial score (nSPS) is 13.3. The van der Waals surface area contributed by atoms with E-state index in [1.807, 2.05) is 17.9 Å². The van der Waals surface area contributed by atoms with Gasteiger partial charge in [0, 0.05) is 24.7 Å². The molecule has 0 spiro atoms. The van der Waals surface area contributed by atoms with Gasteiger partial charge in [-0.2, -0.15) is 5.10 Å². The topological polar surface area (TPSA) is 29.9 Å². The van der Waals surface area contributed by atoms with Crippen molar-refractivity contribution in [1.82, 2.24) is 15.1 Å². The Hall–Kier alpha value is -1.61. The fourth-order valence-corrected chi connectivity index (χ4v) is 3.51. The molecule has 0 aliphatic rings. The molecule has 1 aromatic heterocycles. The second-order valence-corrected chi connectivity index (χ2v) is 5.80. The first-order valence-corrected chi connectivity index (χ1v) is 7.86. The number of hydrogen-bond donors (Lipinski definition) is 1. The maximum Gasteiger partial charge on any atom is 0.0522 e. The zero-order chi connectivity index (χ0) is 15.3. The van der Waals surface area contributed by atoms with Gasteiger partial charge in [0.1, 0.15) is 0 Å². The number of nitrogens with one attached hydrogen (secondary N) is 1. The lowest BCUT2D eigenvalue weighted by Crippen LogP contribution is -2.48. The van der Waals surface area contributed by atoms with Crippen molar-refractivity contribution in [2.75, 3.05) is 7.05 Å². The second kappa shape index (κ2) is 6.90. The summed E-state index contributed by atoms with van der Waals surface area (Å²) in [6.45, 7) is 4.59. The van der Waals surface area contributed by atoms with Crippen molar-refractivity contribution in [2.24, 2.45) is 7.05 Å². The highest BCUT2D eigenvalue weighted by molar-refractivity contribution is 5.29. The molecule has 0 saturated heterocycles. The summed E-state index contributed by atoms with van der Waals surface area (Å²) in [7, 11) is 4.05. The van der Waals surface area contributed by atoms with Gasteiger partial charge in [-0.05, 0) is 37.4 Å². The SMILES string of the molecule is CCC(CC)(c1ccccc1)C(Cc1cnn(C)c1)NC. The van der Waals surface area contributed by atoms with Gasteiger partial charge >= 0.3 is 0 Å². The standard InChI is InChI=1S/C18H27N3/c1-5-18(6-2,16-10-8-7-9-11-16)17(19-3)12-15-13-20-21(4)14-15/h7-11,13-14,17,19H,5-6,12H2,1-4H3. The van der Waals surface area contributed by atoms with Gasteiger partial charge < -0.3 is 5.32 Å². The Kier molecular flexibility index (Phi) is 5.18. The molecule has 2 rings (SSSR count). The van der Waals surface area contributed by atoms with Crippen LogP contribution >= 0.6 is 0 Å². The molecule has 0 saturated carbocycles. The highest BCUT2D eigenvalue weighted by atomic mass is 15.2. The van der Waals surface area contributed by atoms with E-state index >= 15 is 0 Å². The summed E-state index contributed by atoms with van der Waals surface area (Å²) in [5.74, 6) is 0. The molecular weight excluding hydrogens is 258 g/mol.